The van der Waals surface area contributed by atoms with Crippen molar-refractivity contribution in [1.29, 1.82) is 0 Å². The third-order valence-corrected chi connectivity index (χ3v) is 2.23. The normalized spacial score (nSPS) is 12.4. The highest BCUT2D eigenvalue weighted by Gasteiger charge is 2.07. The molecule has 14 heavy (non-hydrogen) atoms. The molecule has 0 aliphatic rings. The summed E-state index contributed by atoms with van der Waals surface area (Å²) in [5, 5.41) is 3.26. The topological polar surface area (TPSA) is 37.8 Å². The van der Waals surface area contributed by atoms with Crippen LogP contribution in [-0.4, -0.2) is 17.0 Å². The van der Waals surface area contributed by atoms with Crippen LogP contribution in [0.3, 0.4) is 0 Å². The van der Waals surface area contributed by atoms with Crippen molar-refractivity contribution in [3.05, 3.63) is 36.9 Å². The van der Waals surface area contributed by atoms with Gasteiger partial charge in [0.05, 0.1) is 0 Å². The van der Waals surface area contributed by atoms with Crippen molar-refractivity contribution in [2.24, 2.45) is 0 Å². The molecule has 0 fully saturated rings. The molecule has 1 unspecified atom stereocenters. The molecular weight excluding hydrogens is 174 g/mol. The summed E-state index contributed by atoms with van der Waals surface area (Å²) in [5.74, 6) is 0. The van der Waals surface area contributed by atoms with Crippen LogP contribution in [0.5, 0.6) is 0 Å². The zero-order valence-corrected chi connectivity index (χ0v) is 8.61. The van der Waals surface area contributed by atoms with Crippen molar-refractivity contribution in [3.63, 3.8) is 0 Å². The summed E-state index contributed by atoms with van der Waals surface area (Å²) in [7, 11) is 1.96. The Morgan fingerprint density at radius 1 is 1.50 bits per heavy atom. The van der Waals surface area contributed by atoms with E-state index in [0.717, 1.165) is 24.8 Å². The van der Waals surface area contributed by atoms with Crippen molar-refractivity contribution in [3.8, 4) is 0 Å². The molecule has 1 aromatic rings. The molecule has 0 aliphatic heterocycles. The lowest BCUT2D eigenvalue weighted by atomic mass is 10.0. The Balaban J connectivity index is 2.50. The highest BCUT2D eigenvalue weighted by atomic mass is 14.9. The lowest BCUT2D eigenvalue weighted by molar-refractivity contribution is 0.527. The van der Waals surface area contributed by atoms with E-state index in [-0.39, 0.29) is 0 Å². The van der Waals surface area contributed by atoms with Crippen LogP contribution in [0.15, 0.2) is 31.4 Å². The first-order valence-electron chi connectivity index (χ1n) is 4.91. The molecule has 0 saturated heterocycles. The van der Waals surface area contributed by atoms with Crippen molar-refractivity contribution >= 4 is 0 Å². The second-order valence-electron chi connectivity index (χ2n) is 3.23. The minimum Gasteiger partial charge on any atom is -0.313 e. The van der Waals surface area contributed by atoms with Gasteiger partial charge in [-0.2, -0.15) is 0 Å². The summed E-state index contributed by atoms with van der Waals surface area (Å²) in [6.45, 7) is 3.71. The van der Waals surface area contributed by atoms with Crippen LogP contribution in [0.25, 0.3) is 0 Å². The quantitative estimate of drug-likeness (QED) is 0.552. The molecule has 0 aliphatic carbocycles. The van der Waals surface area contributed by atoms with Gasteiger partial charge in [-0.25, -0.2) is 9.97 Å². The van der Waals surface area contributed by atoms with Crippen LogP contribution in [0.1, 0.15) is 30.9 Å². The molecule has 1 rings (SSSR count). The summed E-state index contributed by atoms with van der Waals surface area (Å²) in [6.07, 6.45) is 10.5. The summed E-state index contributed by atoms with van der Waals surface area (Å²) in [5.41, 5.74) is 1.15. The van der Waals surface area contributed by atoms with Gasteiger partial charge in [-0.05, 0) is 26.3 Å². The smallest absolute Gasteiger partial charge is 0.115 e. The zero-order chi connectivity index (χ0) is 10.2. The molecular formula is C11H17N3. The van der Waals surface area contributed by atoms with Crippen LogP contribution in [0, 0.1) is 0 Å². The summed E-state index contributed by atoms with van der Waals surface area (Å²) >= 11 is 0. The van der Waals surface area contributed by atoms with Crippen LogP contribution >= 0.6 is 0 Å². The van der Waals surface area contributed by atoms with Gasteiger partial charge in [-0.1, -0.05) is 6.08 Å². The molecule has 0 amide bonds. The van der Waals surface area contributed by atoms with E-state index in [1.165, 1.54) is 0 Å². The number of allylic oxidation sites excluding steroid dienone is 1. The van der Waals surface area contributed by atoms with Crippen molar-refractivity contribution in [1.82, 2.24) is 15.3 Å². The first kappa shape index (κ1) is 10.9. The van der Waals surface area contributed by atoms with Crippen molar-refractivity contribution in [2.45, 2.75) is 25.3 Å². The van der Waals surface area contributed by atoms with Gasteiger partial charge in [0.2, 0.25) is 0 Å². The predicted molar refractivity (Wildman–Crippen MR) is 57.9 cm³/mol. The van der Waals surface area contributed by atoms with Crippen LogP contribution in [0.2, 0.25) is 0 Å². The summed E-state index contributed by atoms with van der Waals surface area (Å²) in [6, 6.07) is 0.358. The molecule has 3 nitrogen and oxygen atoms in total. The SMILES string of the molecule is C=CCCCC(NC)c1cncnc1. The molecule has 0 radical (unpaired) electrons. The molecule has 0 saturated carbocycles. The minimum absolute atomic E-state index is 0.358. The van der Waals surface area contributed by atoms with Gasteiger partial charge in [-0.3, -0.25) is 0 Å². The fourth-order valence-corrected chi connectivity index (χ4v) is 1.43. The molecule has 76 valence electrons. The average Bonchev–Trinajstić information content (AvgIpc) is 2.26. The van der Waals surface area contributed by atoms with E-state index in [0.29, 0.717) is 6.04 Å². The Morgan fingerprint density at radius 2 is 2.21 bits per heavy atom. The Morgan fingerprint density at radius 3 is 2.79 bits per heavy atom. The minimum atomic E-state index is 0.358. The maximum absolute atomic E-state index is 4.01. The molecule has 1 atom stereocenters. The number of aromatic nitrogens is 2. The third-order valence-electron chi connectivity index (χ3n) is 2.23. The highest BCUT2D eigenvalue weighted by molar-refractivity contribution is 5.08. The fraction of sp³-hybridized carbons (Fsp3) is 0.455. The molecule has 1 aromatic heterocycles. The van der Waals surface area contributed by atoms with E-state index in [2.05, 4.69) is 21.9 Å². The third kappa shape index (κ3) is 3.26. The molecule has 0 aromatic carbocycles. The van der Waals surface area contributed by atoms with Gasteiger partial charge in [0.25, 0.3) is 0 Å². The summed E-state index contributed by atoms with van der Waals surface area (Å²) < 4.78 is 0. The van der Waals surface area contributed by atoms with Crippen LogP contribution < -0.4 is 5.32 Å². The monoisotopic (exact) mass is 191 g/mol. The number of nitrogens with zero attached hydrogens (tertiary/aromatic N) is 2. The maximum Gasteiger partial charge on any atom is 0.115 e. The molecule has 1 heterocycles. The number of nitrogens with one attached hydrogen (secondary N) is 1. The largest absolute Gasteiger partial charge is 0.313 e. The first-order chi connectivity index (χ1) is 6.88. The Labute approximate surface area is 85.3 Å². The zero-order valence-electron chi connectivity index (χ0n) is 8.61. The Bertz CT molecular complexity index is 258. The second kappa shape index (κ2) is 6.27. The lowest BCUT2D eigenvalue weighted by Crippen LogP contribution is -2.16. The Kier molecular flexibility index (Phi) is 4.86. The molecule has 3 heteroatoms. The van der Waals surface area contributed by atoms with Crippen molar-refractivity contribution < 1.29 is 0 Å². The number of unbranched alkanes of at least 4 members (excludes halogenated alkanes) is 1. The number of hydrogen-bond donors (Lipinski definition) is 1. The molecule has 0 spiro atoms. The first-order valence-corrected chi connectivity index (χ1v) is 4.91. The second-order valence-corrected chi connectivity index (χ2v) is 3.23. The van der Waals surface area contributed by atoms with Crippen LogP contribution in [0.4, 0.5) is 0 Å². The molecule has 1 N–H and O–H groups in total. The standard InChI is InChI=1S/C11H17N3/c1-3-4-5-6-11(12-2)10-7-13-9-14-8-10/h3,7-9,11-12H,1,4-6H2,2H3. The van der Waals surface area contributed by atoms with Gasteiger partial charge in [0.15, 0.2) is 0 Å². The van der Waals surface area contributed by atoms with E-state index in [1.54, 1.807) is 6.33 Å². The molecule has 0 bridgehead atoms. The van der Waals surface area contributed by atoms with Gasteiger partial charge in [0.1, 0.15) is 6.33 Å². The highest BCUT2D eigenvalue weighted by Crippen LogP contribution is 2.16. The predicted octanol–water partition coefficient (Wildman–Crippen LogP) is 2.09. The average molecular weight is 191 g/mol. The van der Waals surface area contributed by atoms with E-state index in [1.807, 2.05) is 25.5 Å². The van der Waals surface area contributed by atoms with E-state index >= 15 is 0 Å². The van der Waals surface area contributed by atoms with E-state index in [4.69, 9.17) is 0 Å². The van der Waals surface area contributed by atoms with Gasteiger partial charge < -0.3 is 5.32 Å². The van der Waals surface area contributed by atoms with Gasteiger partial charge in [-0.15, -0.1) is 6.58 Å². The fourth-order valence-electron chi connectivity index (χ4n) is 1.43. The van der Waals surface area contributed by atoms with Crippen molar-refractivity contribution in [2.75, 3.05) is 7.05 Å². The van der Waals surface area contributed by atoms with Gasteiger partial charge >= 0.3 is 0 Å². The number of hydrogen-bond acceptors (Lipinski definition) is 3. The number of rotatable bonds is 6. The Hall–Kier alpha value is -1.22. The summed E-state index contributed by atoms with van der Waals surface area (Å²) in [4.78, 5) is 8.02. The maximum atomic E-state index is 4.01. The van der Waals surface area contributed by atoms with E-state index < -0.39 is 0 Å². The van der Waals surface area contributed by atoms with E-state index in [9.17, 15) is 0 Å². The van der Waals surface area contributed by atoms with Crippen LogP contribution in [-0.2, 0) is 0 Å². The van der Waals surface area contributed by atoms with Gasteiger partial charge in [0, 0.05) is 24.0 Å². The lowest BCUT2D eigenvalue weighted by Gasteiger charge is -2.14.